The molecule has 0 bridgehead atoms. The van der Waals surface area contributed by atoms with Crippen LogP contribution in [0, 0.1) is 17.8 Å². The maximum absolute atomic E-state index is 11.7. The van der Waals surface area contributed by atoms with Gasteiger partial charge in [-0.05, 0) is 129 Å². The van der Waals surface area contributed by atoms with E-state index in [2.05, 4.69) is 48.2 Å². The van der Waals surface area contributed by atoms with Crippen molar-refractivity contribution >= 4 is 71.5 Å². The molecule has 2 aliphatic heterocycles. The molecule has 0 spiro atoms. The number of nitrogens with zero attached hydrogens (tertiary/aromatic N) is 4. The second-order valence-electron chi connectivity index (χ2n) is 23.3. The molecule has 3 aliphatic rings. The molecule has 3 aromatic rings. The molecule has 4 N–H and O–H groups in total. The van der Waals surface area contributed by atoms with E-state index in [9.17, 15) is 54.0 Å². The van der Waals surface area contributed by atoms with Gasteiger partial charge in [0.2, 0.25) is 43.7 Å². The van der Waals surface area contributed by atoms with Crippen molar-refractivity contribution in [3.05, 3.63) is 102 Å². The lowest BCUT2D eigenvalue weighted by Crippen LogP contribution is -2.42. The SMILES string of the molecule is C/C=C/c1cccc(OC)c1.CC#Cc1cccc(OC)c1.CCN1CC(Cc2ccccc2)OC1=O.CCOCC(=O)CC.CCOCC(N)=O.CCOCS(=O)(=O)N(C)C.CCOCS(C)(=O)=O.CNC(=O)C1CCC(NS(=O)(=O)C(C)C)CC1.COCC(=O)N(C)C.COCC(=O)N1CCOCC1. The number of ketones is 1. The van der Waals surface area contributed by atoms with Crippen molar-refractivity contribution in [2.24, 2.45) is 11.7 Å². The summed E-state index contributed by atoms with van der Waals surface area (Å²) in [5.74, 6) is 7.06. The van der Waals surface area contributed by atoms with Gasteiger partial charge in [-0.15, -0.1) is 5.92 Å². The third-order valence-corrected chi connectivity index (χ3v) is 18.0. The number of primary amides is 1. The van der Waals surface area contributed by atoms with Crippen LogP contribution in [-0.2, 0) is 98.2 Å². The van der Waals surface area contributed by atoms with Crippen molar-refractivity contribution in [3.8, 4) is 23.3 Å². The molecule has 32 heteroatoms. The second-order valence-corrected chi connectivity index (χ2v) is 29.8. The first-order chi connectivity index (χ1) is 50.0. The van der Waals surface area contributed by atoms with Gasteiger partial charge < -0.3 is 73.1 Å². The summed E-state index contributed by atoms with van der Waals surface area (Å²) in [6, 6.07) is 25.8. The van der Waals surface area contributed by atoms with Gasteiger partial charge in [0.05, 0.1) is 39.2 Å². The maximum atomic E-state index is 11.7. The zero-order chi connectivity index (χ0) is 81.5. The first kappa shape index (κ1) is 105. The number of carbonyl (C=O) groups is 6. The van der Waals surface area contributed by atoms with Crippen molar-refractivity contribution in [1.82, 2.24) is 29.0 Å². The monoisotopic (exact) mass is 1560 g/mol. The maximum Gasteiger partial charge on any atom is 0.410 e. The van der Waals surface area contributed by atoms with Crippen LogP contribution in [0.2, 0.25) is 0 Å². The number of likely N-dealkylation sites (N-methyl/N-ethyl adjacent to an activating group) is 2. The van der Waals surface area contributed by atoms with Crippen LogP contribution in [0.4, 0.5) is 4.79 Å². The normalized spacial score (nSPS) is 14.9. The molecule has 1 saturated carbocycles. The molecule has 2 saturated heterocycles. The van der Waals surface area contributed by atoms with Crippen LogP contribution in [0.1, 0.15) is 118 Å². The van der Waals surface area contributed by atoms with Crippen LogP contribution < -0.4 is 25.2 Å². The molecule has 1 atom stereocenters. The molecule has 5 amide bonds. The van der Waals surface area contributed by atoms with E-state index in [0.717, 1.165) is 66.3 Å². The Morgan fingerprint density at radius 2 is 1.25 bits per heavy atom. The number of hydrogen-bond acceptors (Lipinski definition) is 22. The molecule has 0 radical (unpaired) electrons. The van der Waals surface area contributed by atoms with E-state index in [4.69, 9.17) is 38.9 Å². The number of methoxy groups -OCH3 is 4. The number of benzene rings is 3. The van der Waals surface area contributed by atoms with Gasteiger partial charge in [0, 0.05) is 132 Å². The Morgan fingerprint density at radius 1 is 0.708 bits per heavy atom. The van der Waals surface area contributed by atoms with Crippen molar-refractivity contribution in [1.29, 1.82) is 0 Å². The van der Waals surface area contributed by atoms with Crippen molar-refractivity contribution in [2.45, 2.75) is 125 Å². The minimum Gasteiger partial charge on any atom is -0.497 e. The van der Waals surface area contributed by atoms with E-state index < -0.39 is 41.0 Å². The van der Waals surface area contributed by atoms with Crippen LogP contribution in [-0.4, -0.2) is 271 Å². The Labute approximate surface area is 634 Å². The molecule has 608 valence electrons. The van der Waals surface area contributed by atoms with E-state index in [1.54, 1.807) is 72.9 Å². The summed E-state index contributed by atoms with van der Waals surface area (Å²) in [7, 11) is 5.09. The molecule has 6 rings (SSSR count). The summed E-state index contributed by atoms with van der Waals surface area (Å²) in [6.45, 7) is 25.0. The predicted octanol–water partition coefficient (Wildman–Crippen LogP) is 7.10. The van der Waals surface area contributed by atoms with Crippen LogP contribution >= 0.6 is 0 Å². The van der Waals surface area contributed by atoms with Crippen molar-refractivity contribution in [2.75, 3.05) is 174 Å². The Balaban J connectivity index is -0.000000552. The molecule has 3 aromatic carbocycles. The zero-order valence-electron chi connectivity index (χ0n) is 66.6. The van der Waals surface area contributed by atoms with E-state index in [1.807, 2.05) is 120 Å². The minimum absolute atomic E-state index is 0.00694. The van der Waals surface area contributed by atoms with Crippen molar-refractivity contribution in [3.63, 3.8) is 0 Å². The number of nitrogens with one attached hydrogen (secondary N) is 2. The lowest BCUT2D eigenvalue weighted by atomic mass is 9.86. The Hall–Kier alpha value is -7.13. The third-order valence-electron chi connectivity index (χ3n) is 13.9. The summed E-state index contributed by atoms with van der Waals surface area (Å²) in [5, 5.41) is 2.23. The predicted molar refractivity (Wildman–Crippen MR) is 416 cm³/mol. The number of cyclic esters (lactones) is 1. The van der Waals surface area contributed by atoms with Crippen molar-refractivity contribution < 1.29 is 101 Å². The summed E-state index contributed by atoms with van der Waals surface area (Å²) >= 11 is 0. The fourth-order valence-electron chi connectivity index (χ4n) is 7.97. The number of ether oxygens (including phenoxy) is 10. The Morgan fingerprint density at radius 3 is 1.66 bits per heavy atom. The molecule has 1 aliphatic carbocycles. The summed E-state index contributed by atoms with van der Waals surface area (Å²) < 4.78 is 118. The minimum atomic E-state index is -3.19. The highest BCUT2D eigenvalue weighted by molar-refractivity contribution is 7.90. The standard InChI is InChI=1S/C12H15NO2.C11H22N2O3S.C10H12O.C10H10O.C7H13NO3.C6H12O2.C5H13NO3S.C5H11NO2.C4H9NO2.C4H10O3S/c1-2-13-9-11(15-12(13)14)8-10-6-4-3-5-7-10;1-8(2)17(15,16)13-10-6-4-9(5-7-10)11(14)12-3;2*1-3-5-9-6-4-7-10(8-9)11-2;1-10-6-7(9)8-2-4-11-5-3-8;1-3-6(7)5-8-4-2;1-4-9-5-10(7,8)6(2)3;1-6(2)5(7)4-8-3;1-2-7-3-4(5)6;1-3-7-4-8(2,5)6/h3-7,11H,2,8-9H2,1H3;8-10,13H,4-7H2,1-3H3,(H,12,14);3-8H,1-2H3;4,6-8H,1-2H3;2-6H2,1H3;3-5H2,1-2H3;4-5H2,1-3H3;4H2,1-3H3;2-3H2,1H3,(H2,5,6);3-4H2,1-2H3/b;;5-3+;;;;;;;. The number of morpholine rings is 1. The van der Waals surface area contributed by atoms with Crippen LogP contribution in [0.25, 0.3) is 6.08 Å². The van der Waals surface area contributed by atoms with Gasteiger partial charge in [0.1, 0.15) is 50.0 Å². The lowest BCUT2D eigenvalue weighted by Gasteiger charge is -2.28. The average Bonchev–Trinajstić information content (AvgIpc) is 1.47. The van der Waals surface area contributed by atoms with Gasteiger partial charge in [-0.25, -0.2) is 39.1 Å². The van der Waals surface area contributed by atoms with Gasteiger partial charge in [-0.3, -0.25) is 24.0 Å². The fourth-order valence-corrected chi connectivity index (χ4v) is 10.0. The summed E-state index contributed by atoms with van der Waals surface area (Å²) in [5.41, 5.74) is 8.10. The number of Topliss-reactive ketones (excluding diaryl/α,β-unsaturated/α-hetero) is 1. The van der Waals surface area contributed by atoms with Gasteiger partial charge in [0.25, 0.3) is 0 Å². The first-order valence-corrected chi connectivity index (χ1v) is 40.1. The highest BCUT2D eigenvalue weighted by atomic mass is 32.2. The zero-order valence-corrected chi connectivity index (χ0v) is 69.0. The number of nitrogens with two attached hydrogens (primary N) is 1. The first-order valence-electron chi connectivity index (χ1n) is 34.8. The second kappa shape index (κ2) is 65.0. The molecule has 106 heavy (non-hydrogen) atoms. The number of amides is 5. The number of carbonyl (C=O) groups excluding carboxylic acids is 6. The van der Waals surface area contributed by atoms with Crippen LogP contribution in [0.15, 0.2) is 84.9 Å². The quantitative estimate of drug-likeness (QED) is 0.0610. The summed E-state index contributed by atoms with van der Waals surface area (Å²) in [4.78, 5) is 69.7. The number of rotatable bonds is 28. The molecule has 2 heterocycles. The third kappa shape index (κ3) is 58.0. The number of hydrogen-bond donors (Lipinski definition) is 3. The average molecular weight is 1560 g/mol. The molecule has 1 unspecified atom stereocenters. The van der Waals surface area contributed by atoms with Gasteiger partial charge >= 0.3 is 6.09 Å². The highest BCUT2D eigenvalue weighted by Gasteiger charge is 2.31. The Bertz CT molecular complexity index is 3270. The van der Waals surface area contributed by atoms with Gasteiger partial charge in [-0.1, -0.05) is 73.5 Å². The topological polar surface area (TPSA) is 360 Å². The molecule has 3 fully saturated rings. The number of allylic oxidation sites excluding steroid dienone is 1. The van der Waals surface area contributed by atoms with Crippen LogP contribution in [0.5, 0.6) is 11.5 Å². The van der Waals surface area contributed by atoms with Gasteiger partial charge in [0.15, 0.2) is 21.6 Å². The largest absolute Gasteiger partial charge is 0.497 e. The molecular formula is C74H127N7O22S3. The smallest absolute Gasteiger partial charge is 0.410 e. The van der Waals surface area contributed by atoms with E-state index in [1.165, 1.54) is 44.3 Å². The molecular weight excluding hydrogens is 1440 g/mol. The number of sulfone groups is 1. The fraction of sp³-hybridized carbons (Fsp3) is 0.622. The number of sulfonamides is 2. The lowest BCUT2D eigenvalue weighted by molar-refractivity contribution is -0.139. The van der Waals surface area contributed by atoms with E-state index in [0.29, 0.717) is 65.7 Å². The molecule has 0 aromatic heterocycles. The van der Waals surface area contributed by atoms with E-state index in [-0.39, 0.29) is 86.0 Å². The summed E-state index contributed by atoms with van der Waals surface area (Å²) in [6.07, 6.45) is 9.41. The van der Waals surface area contributed by atoms with Crippen LogP contribution in [0.3, 0.4) is 0 Å². The Kier molecular flexibility index (Phi) is 64.5. The molecule has 29 nitrogen and oxygen atoms in total. The highest BCUT2D eigenvalue weighted by Crippen LogP contribution is 2.25. The van der Waals surface area contributed by atoms with E-state index >= 15 is 0 Å². The van der Waals surface area contributed by atoms with Gasteiger partial charge in [-0.2, -0.15) is 0 Å².